The predicted molar refractivity (Wildman–Crippen MR) is 121 cm³/mol. The van der Waals surface area contributed by atoms with E-state index in [9.17, 15) is 13.2 Å². The van der Waals surface area contributed by atoms with Gasteiger partial charge in [-0.2, -0.15) is 0 Å². The van der Waals surface area contributed by atoms with Gasteiger partial charge in [-0.3, -0.25) is 9.52 Å². The number of sulfonamides is 1. The minimum Gasteiger partial charge on any atom is -0.349 e. The van der Waals surface area contributed by atoms with Crippen molar-refractivity contribution in [2.45, 2.75) is 76.7 Å². The van der Waals surface area contributed by atoms with Crippen LogP contribution in [0.2, 0.25) is 0 Å². The lowest BCUT2D eigenvalue weighted by Crippen LogP contribution is -2.35. The Morgan fingerprint density at radius 1 is 0.900 bits per heavy atom. The van der Waals surface area contributed by atoms with Gasteiger partial charge >= 0.3 is 0 Å². The highest BCUT2D eigenvalue weighted by Crippen LogP contribution is 2.25. The van der Waals surface area contributed by atoms with E-state index in [4.69, 9.17) is 0 Å². The Morgan fingerprint density at radius 3 is 2.27 bits per heavy atom. The lowest BCUT2D eigenvalue weighted by atomic mass is 9.96. The van der Waals surface area contributed by atoms with Crippen molar-refractivity contribution in [2.75, 3.05) is 4.72 Å². The van der Waals surface area contributed by atoms with Crippen molar-refractivity contribution >= 4 is 21.6 Å². The number of hydrogen-bond donors (Lipinski definition) is 2. The highest BCUT2D eigenvalue weighted by atomic mass is 32.2. The lowest BCUT2D eigenvalue weighted by Gasteiger charge is -2.21. The Hall–Kier alpha value is -2.34. The van der Waals surface area contributed by atoms with Crippen LogP contribution >= 0.6 is 0 Å². The van der Waals surface area contributed by atoms with Crippen LogP contribution in [-0.2, 0) is 10.0 Å². The zero-order valence-corrected chi connectivity index (χ0v) is 18.9. The van der Waals surface area contributed by atoms with Crippen molar-refractivity contribution in [2.24, 2.45) is 0 Å². The first-order valence-corrected chi connectivity index (χ1v) is 12.3. The number of anilines is 1. The predicted octanol–water partition coefficient (Wildman–Crippen LogP) is 5.26. The summed E-state index contributed by atoms with van der Waals surface area (Å²) in [6, 6.07) is 10.6. The molecule has 6 heteroatoms. The van der Waals surface area contributed by atoms with Crippen molar-refractivity contribution in [1.82, 2.24) is 5.32 Å². The molecular formula is C24H32N2O3S. The van der Waals surface area contributed by atoms with Gasteiger partial charge in [-0.05, 0) is 68.5 Å². The van der Waals surface area contributed by atoms with E-state index in [0.29, 0.717) is 16.8 Å². The van der Waals surface area contributed by atoms with E-state index in [1.165, 1.54) is 25.3 Å². The highest BCUT2D eigenvalue weighted by molar-refractivity contribution is 7.92. The molecule has 0 unspecified atom stereocenters. The average Bonchev–Trinajstić information content (AvgIpc) is 2.67. The zero-order valence-electron chi connectivity index (χ0n) is 18.1. The summed E-state index contributed by atoms with van der Waals surface area (Å²) < 4.78 is 28.9. The van der Waals surface area contributed by atoms with E-state index >= 15 is 0 Å². The molecule has 2 N–H and O–H groups in total. The molecule has 0 radical (unpaired) electrons. The van der Waals surface area contributed by atoms with E-state index in [2.05, 4.69) is 10.0 Å². The van der Waals surface area contributed by atoms with Crippen LogP contribution in [0.25, 0.3) is 0 Å². The molecular weight excluding hydrogens is 396 g/mol. The number of aryl methyl sites for hydroxylation is 2. The number of rotatable bonds is 5. The molecule has 1 amide bonds. The summed E-state index contributed by atoms with van der Waals surface area (Å²) in [6.07, 6.45) is 7.91. The summed E-state index contributed by atoms with van der Waals surface area (Å²) >= 11 is 0. The van der Waals surface area contributed by atoms with Gasteiger partial charge < -0.3 is 5.32 Å². The van der Waals surface area contributed by atoms with E-state index in [0.717, 1.165) is 36.8 Å². The number of carbonyl (C=O) groups is 1. The monoisotopic (exact) mass is 428 g/mol. The number of benzene rings is 2. The maximum absolute atomic E-state index is 13.1. The van der Waals surface area contributed by atoms with Crippen LogP contribution in [0.1, 0.15) is 72.0 Å². The van der Waals surface area contributed by atoms with Crippen molar-refractivity contribution in [3.63, 3.8) is 0 Å². The normalized spacial score (nSPS) is 15.8. The molecule has 1 aliphatic carbocycles. The molecule has 3 rings (SSSR count). The first-order valence-electron chi connectivity index (χ1n) is 10.8. The molecule has 0 bridgehead atoms. The van der Waals surface area contributed by atoms with Gasteiger partial charge in [0.05, 0.1) is 10.6 Å². The van der Waals surface area contributed by atoms with Gasteiger partial charge in [-0.25, -0.2) is 8.42 Å². The van der Waals surface area contributed by atoms with E-state index < -0.39 is 10.0 Å². The topological polar surface area (TPSA) is 75.3 Å². The smallest absolute Gasteiger partial charge is 0.262 e. The molecule has 5 nitrogen and oxygen atoms in total. The standard InChI is InChI=1S/C24H32N2O3S/c1-17-10-9-13-22(19(17)3)26-30(28,29)23-16-20(15-14-18(23)2)24(27)25-21-11-7-5-4-6-8-12-21/h9-10,13-16,21,26H,4-8,11-12H2,1-3H3,(H,25,27). The summed E-state index contributed by atoms with van der Waals surface area (Å²) in [4.78, 5) is 13.0. The second-order valence-corrected chi connectivity index (χ2v) is 10.00. The van der Waals surface area contributed by atoms with E-state index in [-0.39, 0.29) is 16.8 Å². The molecule has 162 valence electrons. The van der Waals surface area contributed by atoms with Crippen LogP contribution < -0.4 is 10.0 Å². The number of hydrogen-bond acceptors (Lipinski definition) is 3. The molecule has 30 heavy (non-hydrogen) atoms. The minimum atomic E-state index is -3.81. The second kappa shape index (κ2) is 9.65. The van der Waals surface area contributed by atoms with Crippen LogP contribution in [0.4, 0.5) is 5.69 Å². The van der Waals surface area contributed by atoms with Crippen LogP contribution in [-0.4, -0.2) is 20.4 Å². The Bertz CT molecular complexity index is 1010. The molecule has 0 atom stereocenters. The van der Waals surface area contributed by atoms with E-state index in [1.807, 2.05) is 26.0 Å². The van der Waals surface area contributed by atoms with Gasteiger partial charge in [-0.1, -0.05) is 50.3 Å². The Labute approximate surface area is 180 Å². The highest BCUT2D eigenvalue weighted by Gasteiger charge is 2.21. The fourth-order valence-corrected chi connectivity index (χ4v) is 5.36. The largest absolute Gasteiger partial charge is 0.349 e. The van der Waals surface area contributed by atoms with Crippen LogP contribution in [0.3, 0.4) is 0 Å². The SMILES string of the molecule is Cc1ccc(C(=O)NC2CCCCCCC2)cc1S(=O)(=O)Nc1cccc(C)c1C. The van der Waals surface area contributed by atoms with Crippen LogP contribution in [0, 0.1) is 20.8 Å². The molecule has 0 aliphatic heterocycles. The number of amides is 1. The molecule has 0 saturated heterocycles. The fourth-order valence-electron chi connectivity index (χ4n) is 3.96. The Kier molecular flexibility index (Phi) is 7.19. The fraction of sp³-hybridized carbons (Fsp3) is 0.458. The molecule has 1 aliphatic rings. The second-order valence-electron chi connectivity index (χ2n) is 8.35. The van der Waals surface area contributed by atoms with Gasteiger partial charge in [-0.15, -0.1) is 0 Å². The number of carbonyl (C=O) groups excluding carboxylic acids is 1. The third kappa shape index (κ3) is 5.42. The van der Waals surface area contributed by atoms with Gasteiger partial charge in [0.15, 0.2) is 0 Å². The summed E-state index contributed by atoms with van der Waals surface area (Å²) in [5.41, 5.74) is 3.44. The molecule has 2 aromatic carbocycles. The summed E-state index contributed by atoms with van der Waals surface area (Å²) in [5.74, 6) is -0.205. The van der Waals surface area contributed by atoms with Crippen molar-refractivity contribution in [1.29, 1.82) is 0 Å². The molecule has 1 fully saturated rings. The van der Waals surface area contributed by atoms with Crippen LogP contribution in [0.15, 0.2) is 41.3 Å². The number of nitrogens with one attached hydrogen (secondary N) is 2. The Balaban J connectivity index is 1.81. The van der Waals surface area contributed by atoms with Crippen molar-refractivity contribution < 1.29 is 13.2 Å². The molecule has 0 spiro atoms. The third-order valence-electron chi connectivity index (χ3n) is 6.03. The maximum atomic E-state index is 13.1. The van der Waals surface area contributed by atoms with Crippen LogP contribution in [0.5, 0.6) is 0 Å². The quantitative estimate of drug-likeness (QED) is 0.682. The third-order valence-corrected chi connectivity index (χ3v) is 7.54. The van der Waals surface area contributed by atoms with E-state index in [1.54, 1.807) is 25.1 Å². The first kappa shape index (κ1) is 22.3. The zero-order chi connectivity index (χ0) is 21.7. The molecule has 0 heterocycles. The maximum Gasteiger partial charge on any atom is 0.262 e. The van der Waals surface area contributed by atoms with Gasteiger partial charge in [0.25, 0.3) is 15.9 Å². The van der Waals surface area contributed by atoms with Crippen molar-refractivity contribution in [3.05, 3.63) is 58.7 Å². The van der Waals surface area contributed by atoms with Gasteiger partial charge in [0, 0.05) is 11.6 Å². The van der Waals surface area contributed by atoms with Crippen molar-refractivity contribution in [3.8, 4) is 0 Å². The summed E-state index contributed by atoms with van der Waals surface area (Å²) in [7, 11) is -3.81. The summed E-state index contributed by atoms with van der Waals surface area (Å²) in [6.45, 7) is 5.58. The Morgan fingerprint density at radius 2 is 1.57 bits per heavy atom. The first-order chi connectivity index (χ1) is 14.3. The molecule has 1 saturated carbocycles. The minimum absolute atomic E-state index is 0.133. The average molecular weight is 429 g/mol. The molecule has 0 aromatic heterocycles. The molecule has 2 aromatic rings. The summed E-state index contributed by atoms with van der Waals surface area (Å²) in [5, 5.41) is 3.11. The van der Waals surface area contributed by atoms with Gasteiger partial charge in [0.2, 0.25) is 0 Å². The lowest BCUT2D eigenvalue weighted by molar-refractivity contribution is 0.0930. The van der Waals surface area contributed by atoms with Gasteiger partial charge in [0.1, 0.15) is 0 Å².